The molecule has 1 fully saturated rings. The molecule has 0 aliphatic carbocycles. The summed E-state index contributed by atoms with van der Waals surface area (Å²) in [7, 11) is 0. The van der Waals surface area contributed by atoms with E-state index in [1.807, 2.05) is 86.6 Å². The molecule has 1 spiro atoms. The highest BCUT2D eigenvalue weighted by atomic mass is 16.2. The highest BCUT2D eigenvalue weighted by Gasteiger charge is 2.69. The fourth-order valence-electron chi connectivity index (χ4n) is 6.31. The summed E-state index contributed by atoms with van der Waals surface area (Å²) < 4.78 is 0. The van der Waals surface area contributed by atoms with Crippen molar-refractivity contribution >= 4 is 23.3 Å². The first-order valence-electron chi connectivity index (χ1n) is 12.8. The number of carbonyl (C=O) groups is 3. The van der Waals surface area contributed by atoms with Gasteiger partial charge in [-0.25, -0.2) is 0 Å². The van der Waals surface area contributed by atoms with Gasteiger partial charge >= 0.3 is 0 Å². The summed E-state index contributed by atoms with van der Waals surface area (Å²) in [5.74, 6) is -1.96. The van der Waals surface area contributed by atoms with Gasteiger partial charge in [-0.2, -0.15) is 0 Å². The molecule has 36 heavy (non-hydrogen) atoms. The number of nitrogens with zero attached hydrogens (tertiary/aromatic N) is 1. The van der Waals surface area contributed by atoms with Crippen molar-refractivity contribution in [2.45, 2.75) is 51.1 Å². The van der Waals surface area contributed by atoms with Crippen LogP contribution in [0.25, 0.3) is 0 Å². The Bertz CT molecular complexity index is 1290. The standard InChI is InChI=1S/C31H32N2O3/c1-4-13-25-26(21-14-7-5-8-15-21)27(28(34)22-16-9-6-10-17-22)31(33(25)29(35)20(2)3)23-18-11-12-19-24(23)32-30(31)36/h5-12,14-20,25-27H,4,13H2,1-3H3,(H,32,36). The third kappa shape index (κ3) is 3.48. The fourth-order valence-corrected chi connectivity index (χ4v) is 6.31. The Morgan fingerprint density at radius 1 is 0.917 bits per heavy atom. The molecule has 184 valence electrons. The Morgan fingerprint density at radius 2 is 1.53 bits per heavy atom. The van der Waals surface area contributed by atoms with E-state index < -0.39 is 11.5 Å². The molecule has 0 saturated carbocycles. The molecule has 0 bridgehead atoms. The van der Waals surface area contributed by atoms with Crippen molar-refractivity contribution in [1.82, 2.24) is 4.90 Å². The number of rotatable bonds is 6. The number of carbonyl (C=O) groups excluding carboxylic acids is 3. The second-order valence-corrected chi connectivity index (χ2v) is 10.1. The number of benzene rings is 3. The number of ketones is 1. The quantitative estimate of drug-likeness (QED) is 0.455. The Balaban J connectivity index is 1.86. The first-order chi connectivity index (χ1) is 17.4. The van der Waals surface area contributed by atoms with Crippen molar-refractivity contribution in [3.05, 3.63) is 102 Å². The Labute approximate surface area is 212 Å². The van der Waals surface area contributed by atoms with Crippen LogP contribution in [0.1, 0.15) is 61.0 Å². The van der Waals surface area contributed by atoms with Crippen molar-refractivity contribution in [3.8, 4) is 0 Å². The van der Waals surface area contributed by atoms with E-state index in [0.29, 0.717) is 23.2 Å². The van der Waals surface area contributed by atoms with Gasteiger partial charge in [-0.3, -0.25) is 14.4 Å². The van der Waals surface area contributed by atoms with Crippen LogP contribution in [-0.4, -0.2) is 28.5 Å². The number of Topliss-reactive ketones (excluding diaryl/α,β-unsaturated/α-hetero) is 1. The average Bonchev–Trinajstić information content (AvgIpc) is 3.36. The van der Waals surface area contributed by atoms with E-state index in [1.165, 1.54) is 0 Å². The number of likely N-dealkylation sites (tertiary alicyclic amines) is 1. The number of nitrogens with one attached hydrogen (secondary N) is 1. The van der Waals surface area contributed by atoms with E-state index in [1.54, 1.807) is 17.0 Å². The van der Waals surface area contributed by atoms with E-state index in [4.69, 9.17) is 0 Å². The van der Waals surface area contributed by atoms with Crippen molar-refractivity contribution in [2.24, 2.45) is 11.8 Å². The highest BCUT2D eigenvalue weighted by Crippen LogP contribution is 2.60. The molecule has 0 radical (unpaired) electrons. The van der Waals surface area contributed by atoms with E-state index >= 15 is 0 Å². The SMILES string of the molecule is CCCC1C(c2ccccc2)C(C(=O)c2ccccc2)C2(C(=O)Nc3ccccc32)N1C(=O)C(C)C. The summed E-state index contributed by atoms with van der Waals surface area (Å²) in [6.07, 6.45) is 1.51. The molecule has 2 aliphatic rings. The van der Waals surface area contributed by atoms with Crippen LogP contribution in [0.4, 0.5) is 5.69 Å². The lowest BCUT2D eigenvalue weighted by molar-refractivity contribution is -0.148. The van der Waals surface area contributed by atoms with Gasteiger partial charge in [0, 0.05) is 34.7 Å². The number of anilines is 1. The van der Waals surface area contributed by atoms with Crippen LogP contribution in [-0.2, 0) is 15.1 Å². The predicted molar refractivity (Wildman–Crippen MR) is 141 cm³/mol. The summed E-state index contributed by atoms with van der Waals surface area (Å²) in [6.45, 7) is 5.81. The van der Waals surface area contributed by atoms with Gasteiger partial charge in [-0.15, -0.1) is 0 Å². The lowest BCUT2D eigenvalue weighted by atomic mass is 9.69. The van der Waals surface area contributed by atoms with Crippen molar-refractivity contribution in [3.63, 3.8) is 0 Å². The molecule has 3 aromatic carbocycles. The van der Waals surface area contributed by atoms with Gasteiger partial charge in [0.05, 0.1) is 5.92 Å². The molecule has 5 rings (SSSR count). The average molecular weight is 481 g/mol. The maximum atomic E-state index is 14.5. The van der Waals surface area contributed by atoms with Gasteiger partial charge in [0.2, 0.25) is 5.91 Å². The third-order valence-corrected chi connectivity index (χ3v) is 7.71. The number of fused-ring (bicyclic) bond motifs is 2. The van der Waals surface area contributed by atoms with Gasteiger partial charge in [0.25, 0.3) is 5.91 Å². The number of hydrogen-bond donors (Lipinski definition) is 1. The van der Waals surface area contributed by atoms with Crippen LogP contribution in [0.5, 0.6) is 0 Å². The molecular weight excluding hydrogens is 448 g/mol. The molecule has 3 aromatic rings. The van der Waals surface area contributed by atoms with Crippen molar-refractivity contribution < 1.29 is 14.4 Å². The fraction of sp³-hybridized carbons (Fsp3) is 0.323. The minimum atomic E-state index is -1.43. The lowest BCUT2D eigenvalue weighted by Crippen LogP contribution is -2.57. The third-order valence-electron chi connectivity index (χ3n) is 7.71. The number of hydrogen-bond acceptors (Lipinski definition) is 3. The maximum absolute atomic E-state index is 14.5. The monoisotopic (exact) mass is 480 g/mol. The molecule has 4 atom stereocenters. The Hall–Kier alpha value is -3.73. The lowest BCUT2D eigenvalue weighted by Gasteiger charge is -2.40. The van der Waals surface area contributed by atoms with Gasteiger partial charge in [-0.05, 0) is 18.1 Å². The summed E-state index contributed by atoms with van der Waals surface area (Å²) >= 11 is 0. The number of para-hydroxylation sites is 1. The molecular formula is C31H32N2O3. The molecule has 2 heterocycles. The maximum Gasteiger partial charge on any atom is 0.255 e. The Kier molecular flexibility index (Phi) is 6.25. The van der Waals surface area contributed by atoms with Crippen molar-refractivity contribution in [2.75, 3.05) is 5.32 Å². The van der Waals surface area contributed by atoms with Crippen molar-refractivity contribution in [1.29, 1.82) is 0 Å². The zero-order chi connectivity index (χ0) is 25.4. The summed E-state index contributed by atoms with van der Waals surface area (Å²) in [5, 5.41) is 3.04. The highest BCUT2D eigenvalue weighted by molar-refractivity contribution is 6.14. The van der Waals surface area contributed by atoms with Gasteiger partial charge in [-0.1, -0.05) is 106 Å². The minimum Gasteiger partial charge on any atom is -0.323 e. The molecule has 4 unspecified atom stereocenters. The van der Waals surface area contributed by atoms with Crippen LogP contribution >= 0.6 is 0 Å². The zero-order valence-electron chi connectivity index (χ0n) is 21.0. The predicted octanol–water partition coefficient (Wildman–Crippen LogP) is 5.78. The topological polar surface area (TPSA) is 66.5 Å². The van der Waals surface area contributed by atoms with Gasteiger partial charge < -0.3 is 10.2 Å². The van der Waals surface area contributed by atoms with E-state index in [2.05, 4.69) is 12.2 Å². The van der Waals surface area contributed by atoms with Crippen LogP contribution in [0.15, 0.2) is 84.9 Å². The second-order valence-electron chi connectivity index (χ2n) is 10.1. The van der Waals surface area contributed by atoms with Gasteiger partial charge in [0.15, 0.2) is 11.3 Å². The van der Waals surface area contributed by atoms with Crippen LogP contribution < -0.4 is 5.32 Å². The molecule has 2 aliphatic heterocycles. The first kappa shape index (κ1) is 24.0. The molecule has 2 amide bonds. The summed E-state index contributed by atoms with van der Waals surface area (Å²) in [6, 6.07) is 26.3. The molecule has 1 N–H and O–H groups in total. The molecule has 5 heteroatoms. The normalized spacial score (nSPS) is 24.7. The number of amides is 2. The Morgan fingerprint density at radius 3 is 2.17 bits per heavy atom. The molecule has 5 nitrogen and oxygen atoms in total. The van der Waals surface area contributed by atoms with E-state index in [0.717, 1.165) is 12.0 Å². The van der Waals surface area contributed by atoms with E-state index in [9.17, 15) is 14.4 Å². The minimum absolute atomic E-state index is 0.107. The van der Waals surface area contributed by atoms with Gasteiger partial charge in [0.1, 0.15) is 0 Å². The smallest absolute Gasteiger partial charge is 0.255 e. The van der Waals surface area contributed by atoms with E-state index in [-0.39, 0.29) is 35.5 Å². The summed E-state index contributed by atoms with van der Waals surface area (Å²) in [5.41, 5.74) is 1.47. The molecule has 0 aromatic heterocycles. The molecule has 1 saturated heterocycles. The van der Waals surface area contributed by atoms with Crippen LogP contribution in [0.2, 0.25) is 0 Å². The van der Waals surface area contributed by atoms with Crippen LogP contribution in [0, 0.1) is 11.8 Å². The first-order valence-corrected chi connectivity index (χ1v) is 12.8. The second kappa shape index (κ2) is 9.38. The largest absolute Gasteiger partial charge is 0.323 e. The van der Waals surface area contributed by atoms with Crippen LogP contribution in [0.3, 0.4) is 0 Å². The summed E-state index contributed by atoms with van der Waals surface area (Å²) in [4.78, 5) is 44.6. The zero-order valence-corrected chi connectivity index (χ0v) is 21.0.